The summed E-state index contributed by atoms with van der Waals surface area (Å²) in [4.78, 5) is 74.6. The minimum absolute atomic E-state index is 0.0375. The van der Waals surface area contributed by atoms with Gasteiger partial charge in [0.1, 0.15) is 29.3 Å². The van der Waals surface area contributed by atoms with Crippen LogP contribution in [0.3, 0.4) is 0 Å². The number of nitrogens with one attached hydrogen (secondary N) is 4. The van der Waals surface area contributed by atoms with E-state index in [9.17, 15) is 19.2 Å². The van der Waals surface area contributed by atoms with Crippen molar-refractivity contribution in [1.82, 2.24) is 45.1 Å². The number of alkyl carbamates (subject to hydrolysis) is 2. The minimum atomic E-state index is -0.774. The Bertz CT molecular complexity index is 2420. The third kappa shape index (κ3) is 12.9. The van der Waals surface area contributed by atoms with Crippen LogP contribution in [0.15, 0.2) is 66.2 Å². The fourth-order valence-corrected chi connectivity index (χ4v) is 9.95. The van der Waals surface area contributed by atoms with Gasteiger partial charge in [-0.1, -0.05) is 38.1 Å². The summed E-state index contributed by atoms with van der Waals surface area (Å²) in [6.07, 6.45) is 9.90. The number of carbonyl (C=O) groups is 4. The molecule has 2 fully saturated rings. The quantitative estimate of drug-likeness (QED) is 0.0502. The van der Waals surface area contributed by atoms with E-state index in [1.807, 2.05) is 109 Å². The zero-order chi connectivity index (χ0) is 50.6. The number of nitrogens with zero attached hydrogens (tertiary/aromatic N) is 6. The summed E-state index contributed by atoms with van der Waals surface area (Å²) in [6, 6.07) is 10.3. The molecule has 2 aliphatic heterocycles. The van der Waals surface area contributed by atoms with Crippen molar-refractivity contribution in [3.8, 4) is 22.5 Å². The number of hydrogen-bond donors (Lipinski definition) is 4. The molecule has 0 radical (unpaired) electrons. The van der Waals surface area contributed by atoms with E-state index in [0.29, 0.717) is 62.4 Å². The zero-order valence-corrected chi connectivity index (χ0v) is 42.6. The highest BCUT2D eigenvalue weighted by Gasteiger charge is 2.40. The molecule has 3 aromatic heterocycles. The van der Waals surface area contributed by atoms with Gasteiger partial charge in [0.05, 0.1) is 74.5 Å². The number of imidazole rings is 1. The minimum Gasteiger partial charge on any atom is -0.453 e. The molecule has 0 spiro atoms. The Morgan fingerprint density at radius 2 is 1.34 bits per heavy atom. The van der Waals surface area contributed by atoms with Gasteiger partial charge in [-0.15, -0.1) is 0 Å². The summed E-state index contributed by atoms with van der Waals surface area (Å²) in [7, 11) is 2.60. The first-order chi connectivity index (χ1) is 33.6. The maximum atomic E-state index is 14.4. The van der Waals surface area contributed by atoms with Gasteiger partial charge < -0.3 is 54.1 Å². The van der Waals surface area contributed by atoms with Crippen LogP contribution < -0.4 is 16.0 Å². The van der Waals surface area contributed by atoms with Crippen LogP contribution in [0.2, 0.25) is 0 Å². The van der Waals surface area contributed by atoms with Gasteiger partial charge in [-0.05, 0) is 116 Å². The van der Waals surface area contributed by atoms with Crippen molar-refractivity contribution < 1.29 is 38.1 Å². The van der Waals surface area contributed by atoms with Gasteiger partial charge >= 0.3 is 12.2 Å². The fraction of sp³-hybridized carbons (Fsp3) is 0.558. The second-order valence-electron chi connectivity index (χ2n) is 18.9. The van der Waals surface area contributed by atoms with Gasteiger partial charge in [-0.2, -0.15) is 0 Å². The molecule has 18 nitrogen and oxygen atoms in total. The Kier molecular flexibility index (Phi) is 18.6. The molecule has 0 aliphatic carbocycles. The molecule has 4 amide bonds. The van der Waals surface area contributed by atoms with E-state index in [2.05, 4.69) is 42.0 Å². The zero-order valence-electron chi connectivity index (χ0n) is 42.6. The Morgan fingerprint density at radius 3 is 1.87 bits per heavy atom. The van der Waals surface area contributed by atoms with Crippen LogP contribution in [0.5, 0.6) is 0 Å². The van der Waals surface area contributed by atoms with Crippen molar-refractivity contribution in [2.24, 2.45) is 16.8 Å². The Labute approximate surface area is 412 Å². The topological polar surface area (TPSA) is 206 Å². The molecule has 2 saturated heterocycles. The second kappa shape index (κ2) is 24.5. The second-order valence-corrected chi connectivity index (χ2v) is 18.9. The third-order valence-electron chi connectivity index (χ3n) is 13.8. The van der Waals surface area contributed by atoms with Crippen molar-refractivity contribution >= 4 is 41.9 Å². The number of hydrogen-bond acceptors (Lipinski definition) is 12. The van der Waals surface area contributed by atoms with Crippen LogP contribution in [0.4, 0.5) is 9.59 Å². The van der Waals surface area contributed by atoms with Crippen LogP contribution in [-0.2, 0) is 35.1 Å². The molecule has 10 atom stereocenters. The first kappa shape index (κ1) is 53.1. The van der Waals surface area contributed by atoms with Crippen molar-refractivity contribution in [2.75, 3.05) is 27.3 Å². The monoisotopic (exact) mass is 967 g/mol. The molecule has 18 heteroatoms. The van der Waals surface area contributed by atoms with Crippen LogP contribution in [0.1, 0.15) is 105 Å². The van der Waals surface area contributed by atoms with Gasteiger partial charge in [0, 0.05) is 43.1 Å². The summed E-state index contributed by atoms with van der Waals surface area (Å²) in [6.45, 7) is 20.9. The highest BCUT2D eigenvalue weighted by molar-refractivity contribution is 5.87. The van der Waals surface area contributed by atoms with Crippen molar-refractivity contribution in [3.63, 3.8) is 0 Å². The summed E-state index contributed by atoms with van der Waals surface area (Å²) >= 11 is 0. The maximum Gasteiger partial charge on any atom is 0.407 e. The highest BCUT2D eigenvalue weighted by atomic mass is 16.5. The lowest BCUT2D eigenvalue weighted by Gasteiger charge is -2.39. The largest absolute Gasteiger partial charge is 0.453 e. The standard InChI is InChI=1S/C52H74N10O8/c1-12-31(3)60(49(63)46(58-51(65)67-10)39-23-33(5)69-34(6)24-39)22-20-54-27-42(53-9)48-43-15-14-21-61(43)44(29-56-48)38-18-16-37(17-19-38)41-28-55-45(57-41)30-62(32(4)13-2)50(64)47(59-52(66)68-11)40-25-35(7)70-36(8)26-40/h14-19,21,27-29,31-36,39-40,46-47,54H,9,12-13,20,22-26,30H2,1-8,10-11H3,(H,55,57)(H,58,65)(H,59,66)/b42-27-/t31-,32-,33-,34+,35-,36+,39?,40?,46-,47-/m0/s1. The molecule has 1 aromatic carbocycles. The molecular formula is C52H74N10O8. The van der Waals surface area contributed by atoms with Gasteiger partial charge in [0.2, 0.25) is 11.8 Å². The SMILES string of the molecule is C=N/C(=C\NCCN(C(=O)[C@@H](NC(=O)OC)C1C[C@@H](C)O[C@@H](C)C1)[C@@H](C)CC)c1ncc(-c2ccc(-c3cnc(CN(C(=O)[C@@H](NC(=O)OC)C4C[C@@H](C)O[C@@H](C)C4)[C@@H](C)CC)[nH]3)cc2)n2cccc12. The van der Waals surface area contributed by atoms with Crippen molar-refractivity contribution in [2.45, 2.75) is 149 Å². The van der Waals surface area contributed by atoms with E-state index in [-0.39, 0.29) is 66.7 Å². The van der Waals surface area contributed by atoms with E-state index in [1.165, 1.54) is 14.2 Å². The van der Waals surface area contributed by atoms with Crippen molar-refractivity contribution in [3.05, 3.63) is 72.7 Å². The van der Waals surface area contributed by atoms with E-state index in [4.69, 9.17) is 23.9 Å². The highest BCUT2D eigenvalue weighted by Crippen LogP contribution is 2.32. The third-order valence-corrected chi connectivity index (χ3v) is 13.8. The molecule has 70 heavy (non-hydrogen) atoms. The number of amides is 4. The molecule has 2 unspecified atom stereocenters. The number of benzene rings is 1. The van der Waals surface area contributed by atoms with E-state index in [1.54, 1.807) is 17.3 Å². The molecule has 2 aliphatic rings. The first-order valence-corrected chi connectivity index (χ1v) is 24.7. The number of aromatic amines is 1. The Balaban J connectivity index is 1.15. The van der Waals surface area contributed by atoms with Crippen LogP contribution in [0, 0.1) is 11.8 Å². The first-order valence-electron chi connectivity index (χ1n) is 24.7. The van der Waals surface area contributed by atoms with Crippen LogP contribution in [-0.4, -0.2) is 136 Å². The molecule has 6 rings (SSSR count). The van der Waals surface area contributed by atoms with E-state index < -0.39 is 24.3 Å². The van der Waals surface area contributed by atoms with E-state index in [0.717, 1.165) is 34.5 Å². The maximum absolute atomic E-state index is 14.4. The number of ether oxygens (including phenoxy) is 4. The lowest BCUT2D eigenvalue weighted by atomic mass is 9.85. The van der Waals surface area contributed by atoms with Crippen molar-refractivity contribution in [1.29, 1.82) is 0 Å². The lowest BCUT2D eigenvalue weighted by Crippen LogP contribution is -2.56. The van der Waals surface area contributed by atoms with Gasteiger partial charge in [-0.25, -0.2) is 14.6 Å². The molecule has 0 saturated carbocycles. The number of aromatic nitrogens is 4. The summed E-state index contributed by atoms with van der Waals surface area (Å²) in [5.41, 5.74) is 5.52. The predicted octanol–water partition coefficient (Wildman–Crippen LogP) is 7.59. The normalized spacial score (nSPS) is 22.2. The van der Waals surface area contributed by atoms with E-state index >= 15 is 0 Å². The van der Waals surface area contributed by atoms with Gasteiger partial charge in [0.25, 0.3) is 0 Å². The number of carbonyl (C=O) groups excluding carboxylic acids is 4. The number of H-pyrrole nitrogens is 1. The average Bonchev–Trinajstić information content (AvgIpc) is 4.05. The number of aliphatic imine (C=N–C) groups is 1. The number of rotatable bonds is 20. The lowest BCUT2D eigenvalue weighted by molar-refractivity contribution is -0.141. The van der Waals surface area contributed by atoms with Gasteiger partial charge in [-0.3, -0.25) is 19.6 Å². The summed E-state index contributed by atoms with van der Waals surface area (Å²) < 4.78 is 23.8. The molecule has 4 N–H and O–H groups in total. The fourth-order valence-electron chi connectivity index (χ4n) is 9.95. The molecule has 4 aromatic rings. The molecule has 380 valence electrons. The molecule has 0 bridgehead atoms. The molecule has 5 heterocycles. The summed E-state index contributed by atoms with van der Waals surface area (Å²) in [5, 5.41) is 9.04. The Morgan fingerprint density at radius 1 is 0.814 bits per heavy atom. The van der Waals surface area contributed by atoms with Crippen LogP contribution >= 0.6 is 0 Å². The molecular weight excluding hydrogens is 893 g/mol. The average molecular weight is 967 g/mol. The number of methoxy groups -OCH3 is 2. The smallest absolute Gasteiger partial charge is 0.407 e. The number of fused-ring (bicyclic) bond motifs is 1. The van der Waals surface area contributed by atoms with Gasteiger partial charge in [0.15, 0.2) is 0 Å². The summed E-state index contributed by atoms with van der Waals surface area (Å²) in [5.74, 6) is 0.0716. The Hall–Kier alpha value is -6.27. The predicted molar refractivity (Wildman–Crippen MR) is 270 cm³/mol. The van der Waals surface area contributed by atoms with Crippen LogP contribution in [0.25, 0.3) is 33.7 Å².